The van der Waals surface area contributed by atoms with E-state index in [4.69, 9.17) is 15.2 Å². The molecule has 0 unspecified atom stereocenters. The Bertz CT molecular complexity index is 1510. The Kier molecular flexibility index (Phi) is 8.21. The van der Waals surface area contributed by atoms with E-state index in [1.54, 1.807) is 18.2 Å². The molecule has 4 N–H and O–H groups in total. The minimum Gasteiger partial charge on any atom is -0.486 e. The first-order valence-electron chi connectivity index (χ1n) is 12.6. The molecule has 1 aliphatic heterocycles. The van der Waals surface area contributed by atoms with Gasteiger partial charge >= 0.3 is 0 Å². The fourth-order valence-corrected chi connectivity index (χ4v) is 4.82. The van der Waals surface area contributed by atoms with E-state index in [2.05, 4.69) is 15.0 Å². The van der Waals surface area contributed by atoms with Crippen LogP contribution in [-0.4, -0.2) is 41.9 Å². The number of nitrogen functional groups attached to an aromatic ring is 1. The number of ether oxygens (including phenoxy) is 2. The largest absolute Gasteiger partial charge is 0.486 e. The zero-order valence-electron chi connectivity index (χ0n) is 21.5. The number of benzene rings is 3. The molecule has 0 saturated heterocycles. The maximum absolute atomic E-state index is 13.8. The molecule has 0 bridgehead atoms. The molecule has 3 amide bonds. The van der Waals surface area contributed by atoms with Gasteiger partial charge in [0.1, 0.15) is 24.6 Å². The molecule has 2 heterocycles. The van der Waals surface area contributed by atoms with Crippen LogP contribution in [0.4, 0.5) is 11.4 Å². The minimum atomic E-state index is -0.566. The van der Waals surface area contributed by atoms with E-state index in [0.717, 1.165) is 22.7 Å². The molecule has 3 aromatic carbocycles. The smallest absolute Gasteiger partial charge is 0.273 e. The first-order chi connectivity index (χ1) is 19.5. The zero-order chi connectivity index (χ0) is 27.9. The van der Waals surface area contributed by atoms with Crippen molar-refractivity contribution in [3.8, 4) is 11.5 Å². The van der Waals surface area contributed by atoms with Gasteiger partial charge in [0.2, 0.25) is 5.91 Å². The number of aromatic nitrogens is 1. The van der Waals surface area contributed by atoms with Crippen molar-refractivity contribution in [2.24, 2.45) is 0 Å². The van der Waals surface area contributed by atoms with Crippen LogP contribution < -0.4 is 30.7 Å². The molecular weight excluding hydrogens is 530 g/mol. The third-order valence-corrected chi connectivity index (χ3v) is 7.00. The fraction of sp³-hybridized carbons (Fsp3) is 0.172. The summed E-state index contributed by atoms with van der Waals surface area (Å²) in [5.74, 6) is -0.433. The van der Waals surface area contributed by atoms with Crippen molar-refractivity contribution in [3.05, 3.63) is 101 Å². The second-order valence-electron chi connectivity index (χ2n) is 8.92. The second kappa shape index (κ2) is 12.3. The summed E-state index contributed by atoms with van der Waals surface area (Å²) in [5, 5.41) is 5.62. The predicted octanol–water partition coefficient (Wildman–Crippen LogP) is 3.39. The van der Waals surface area contributed by atoms with Crippen molar-refractivity contribution in [3.63, 3.8) is 0 Å². The first-order valence-corrected chi connectivity index (χ1v) is 13.4. The van der Waals surface area contributed by atoms with E-state index in [1.165, 1.54) is 4.90 Å². The van der Waals surface area contributed by atoms with E-state index in [1.807, 2.05) is 60.7 Å². The average molecular weight is 558 g/mol. The van der Waals surface area contributed by atoms with Crippen LogP contribution in [0.15, 0.2) is 78.9 Å². The number of fused-ring (bicyclic) bond motifs is 1. The number of nitrogens with one attached hydrogen (secondary N) is 2. The lowest BCUT2D eigenvalue weighted by molar-refractivity contribution is -0.119. The molecule has 0 fully saturated rings. The van der Waals surface area contributed by atoms with E-state index in [9.17, 15) is 14.4 Å². The normalized spacial score (nSPS) is 11.9. The Morgan fingerprint density at radius 1 is 0.850 bits per heavy atom. The molecule has 0 atom stereocenters. The van der Waals surface area contributed by atoms with E-state index in [-0.39, 0.29) is 35.3 Å². The first kappa shape index (κ1) is 26.7. The summed E-state index contributed by atoms with van der Waals surface area (Å²) in [5.41, 5.74) is 8.41. The SMILES string of the molecule is Nc1c(C(=O)NCc2ccccc2)nsc1C(=O)N(CC(=O)NCc1ccccc1)c1ccc2c(c1)OCCO2. The van der Waals surface area contributed by atoms with Gasteiger partial charge in [-0.15, -0.1) is 0 Å². The van der Waals surface area contributed by atoms with Crippen LogP contribution in [0.25, 0.3) is 0 Å². The van der Waals surface area contributed by atoms with Crippen LogP contribution >= 0.6 is 11.5 Å². The highest BCUT2D eigenvalue weighted by Gasteiger charge is 2.29. The van der Waals surface area contributed by atoms with Crippen LogP contribution in [0.3, 0.4) is 0 Å². The zero-order valence-corrected chi connectivity index (χ0v) is 22.3. The lowest BCUT2D eigenvalue weighted by atomic mass is 10.2. The van der Waals surface area contributed by atoms with Crippen LogP contribution in [0.1, 0.15) is 31.3 Å². The summed E-state index contributed by atoms with van der Waals surface area (Å²) >= 11 is 0.809. The van der Waals surface area contributed by atoms with Crippen LogP contribution in [0, 0.1) is 0 Å². The van der Waals surface area contributed by atoms with Gasteiger partial charge in [0, 0.05) is 24.8 Å². The van der Waals surface area contributed by atoms with Crippen molar-refractivity contribution < 1.29 is 23.9 Å². The van der Waals surface area contributed by atoms with E-state index in [0.29, 0.717) is 36.9 Å². The summed E-state index contributed by atoms with van der Waals surface area (Å²) in [6, 6.07) is 23.8. The topological polar surface area (TPSA) is 136 Å². The van der Waals surface area contributed by atoms with Gasteiger partial charge in [-0.1, -0.05) is 60.7 Å². The highest BCUT2D eigenvalue weighted by molar-refractivity contribution is 7.09. The number of hydrogen-bond acceptors (Lipinski definition) is 8. The van der Waals surface area contributed by atoms with Crippen molar-refractivity contribution in [1.29, 1.82) is 0 Å². The highest BCUT2D eigenvalue weighted by atomic mass is 32.1. The van der Waals surface area contributed by atoms with Gasteiger partial charge < -0.3 is 25.8 Å². The predicted molar refractivity (Wildman–Crippen MR) is 152 cm³/mol. The molecule has 1 aliphatic rings. The molecule has 5 rings (SSSR count). The van der Waals surface area contributed by atoms with Crippen LogP contribution in [0.2, 0.25) is 0 Å². The van der Waals surface area contributed by atoms with Crippen molar-refractivity contribution >= 4 is 40.6 Å². The van der Waals surface area contributed by atoms with E-state index >= 15 is 0 Å². The molecule has 0 radical (unpaired) electrons. The molecule has 1 aromatic heterocycles. The number of carbonyl (C=O) groups excluding carboxylic acids is 3. The third-order valence-electron chi connectivity index (χ3n) is 6.15. The number of hydrogen-bond donors (Lipinski definition) is 3. The van der Waals surface area contributed by atoms with Crippen molar-refractivity contribution in [2.45, 2.75) is 13.1 Å². The van der Waals surface area contributed by atoms with Crippen molar-refractivity contribution in [1.82, 2.24) is 15.0 Å². The van der Waals surface area contributed by atoms with Crippen LogP contribution in [0.5, 0.6) is 11.5 Å². The van der Waals surface area contributed by atoms with Gasteiger partial charge in [0.15, 0.2) is 17.2 Å². The Morgan fingerprint density at radius 3 is 2.15 bits per heavy atom. The standard InChI is InChI=1S/C29H27N5O5S/c30-25-26(28(36)32-17-20-9-5-2-6-10-20)33-40-27(25)29(37)34(18-24(35)31-16-19-7-3-1-4-8-19)21-11-12-22-23(15-21)39-14-13-38-22/h1-12,15H,13-14,16-18,30H2,(H,31,35)(H,32,36). The lowest BCUT2D eigenvalue weighted by Gasteiger charge is -2.25. The lowest BCUT2D eigenvalue weighted by Crippen LogP contribution is -2.40. The number of nitrogens with two attached hydrogens (primary N) is 1. The van der Waals surface area contributed by atoms with Crippen LogP contribution in [-0.2, 0) is 17.9 Å². The Balaban J connectivity index is 1.36. The number of amides is 3. The summed E-state index contributed by atoms with van der Waals surface area (Å²) < 4.78 is 15.4. The maximum Gasteiger partial charge on any atom is 0.273 e. The second-order valence-corrected chi connectivity index (χ2v) is 9.70. The molecule has 0 spiro atoms. The van der Waals surface area contributed by atoms with Gasteiger partial charge in [-0.25, -0.2) is 0 Å². The Hall–Kier alpha value is -4.90. The maximum atomic E-state index is 13.8. The summed E-state index contributed by atoms with van der Waals surface area (Å²) in [6.07, 6.45) is 0. The summed E-state index contributed by atoms with van der Waals surface area (Å²) in [6.45, 7) is 1.08. The Labute approximate surface area is 234 Å². The van der Waals surface area contributed by atoms with Crippen molar-refractivity contribution in [2.75, 3.05) is 30.4 Å². The summed E-state index contributed by atoms with van der Waals surface area (Å²) in [7, 11) is 0. The number of carbonyl (C=O) groups is 3. The monoisotopic (exact) mass is 557 g/mol. The van der Waals surface area contributed by atoms with Gasteiger partial charge in [0.05, 0.1) is 5.69 Å². The number of anilines is 2. The molecule has 204 valence electrons. The molecule has 4 aromatic rings. The van der Waals surface area contributed by atoms with E-state index < -0.39 is 11.8 Å². The molecule has 0 saturated carbocycles. The molecule has 10 nitrogen and oxygen atoms in total. The fourth-order valence-electron chi connectivity index (χ4n) is 4.08. The Morgan fingerprint density at radius 2 is 1.48 bits per heavy atom. The number of nitrogens with zero attached hydrogens (tertiary/aromatic N) is 2. The van der Waals surface area contributed by atoms with Gasteiger partial charge in [0.25, 0.3) is 11.8 Å². The molecular formula is C29H27N5O5S. The molecule has 40 heavy (non-hydrogen) atoms. The molecule has 11 heteroatoms. The van der Waals surface area contributed by atoms with Gasteiger partial charge in [-0.2, -0.15) is 4.37 Å². The molecule has 0 aliphatic carbocycles. The third kappa shape index (κ3) is 6.21. The number of rotatable bonds is 9. The van der Waals surface area contributed by atoms with Gasteiger partial charge in [-0.05, 0) is 34.8 Å². The minimum absolute atomic E-state index is 0.0417. The average Bonchev–Trinajstić information content (AvgIpc) is 3.39. The quantitative estimate of drug-likeness (QED) is 0.287. The summed E-state index contributed by atoms with van der Waals surface area (Å²) in [4.78, 5) is 40.9. The van der Waals surface area contributed by atoms with Gasteiger partial charge in [-0.3, -0.25) is 19.3 Å². The highest BCUT2D eigenvalue weighted by Crippen LogP contribution is 2.35.